The lowest BCUT2D eigenvalue weighted by atomic mass is 10.2. The van der Waals surface area contributed by atoms with Gasteiger partial charge in [-0.3, -0.25) is 0 Å². The van der Waals surface area contributed by atoms with Gasteiger partial charge in [0.25, 0.3) is 0 Å². The van der Waals surface area contributed by atoms with Crippen LogP contribution in [0.2, 0.25) is 5.02 Å². The van der Waals surface area contributed by atoms with Gasteiger partial charge in [-0.1, -0.05) is 23.7 Å². The number of halogens is 1. The lowest BCUT2D eigenvalue weighted by molar-refractivity contribution is 0.0761. The first kappa shape index (κ1) is 16.4. The fourth-order valence-corrected chi connectivity index (χ4v) is 1.82. The number of hydrogen-bond donors (Lipinski definition) is 1. The van der Waals surface area contributed by atoms with Crippen molar-refractivity contribution in [1.82, 2.24) is 5.32 Å². The fourth-order valence-electron chi connectivity index (χ4n) is 1.60. The summed E-state index contributed by atoms with van der Waals surface area (Å²) in [4.78, 5) is 0. The monoisotopic (exact) mass is 285 g/mol. The first-order valence-corrected chi connectivity index (χ1v) is 7.21. The minimum atomic E-state index is 0.320. The molecule has 0 aliphatic carbocycles. The molecule has 0 fully saturated rings. The van der Waals surface area contributed by atoms with Crippen molar-refractivity contribution in [3.63, 3.8) is 0 Å². The zero-order valence-electron chi connectivity index (χ0n) is 11.8. The molecule has 0 amide bonds. The van der Waals surface area contributed by atoms with Crippen molar-refractivity contribution in [2.45, 2.75) is 33.0 Å². The summed E-state index contributed by atoms with van der Waals surface area (Å²) in [5.41, 5.74) is 1.11. The lowest BCUT2D eigenvalue weighted by Crippen LogP contribution is -2.22. The second-order valence-electron chi connectivity index (χ2n) is 4.71. The highest BCUT2D eigenvalue weighted by Gasteiger charge is 1.95. The van der Waals surface area contributed by atoms with Crippen LogP contribution in [-0.4, -0.2) is 32.4 Å². The molecule has 0 aromatic heterocycles. The predicted octanol–water partition coefficient (Wildman–Crippen LogP) is 3.26. The SMILES string of the molecule is CC(C)OCCCNCCOCc1cccc(Cl)c1. The second-order valence-corrected chi connectivity index (χ2v) is 5.14. The molecule has 0 aliphatic rings. The molecular formula is C15H24ClNO2. The van der Waals surface area contributed by atoms with Gasteiger partial charge in [0.05, 0.1) is 19.3 Å². The predicted molar refractivity (Wildman–Crippen MR) is 79.7 cm³/mol. The standard InChI is InChI=1S/C15H24ClNO2/c1-13(2)19-9-4-7-17-8-10-18-12-14-5-3-6-15(16)11-14/h3,5-6,11,13,17H,4,7-10,12H2,1-2H3. The van der Waals surface area contributed by atoms with Gasteiger partial charge in [-0.25, -0.2) is 0 Å². The third-order valence-corrected chi connectivity index (χ3v) is 2.77. The normalized spacial score (nSPS) is 11.2. The molecule has 0 saturated carbocycles. The first-order valence-electron chi connectivity index (χ1n) is 6.83. The van der Waals surface area contributed by atoms with Crippen LogP contribution < -0.4 is 5.32 Å². The van der Waals surface area contributed by atoms with Crippen LogP contribution >= 0.6 is 11.6 Å². The van der Waals surface area contributed by atoms with Gasteiger partial charge in [0.15, 0.2) is 0 Å². The number of hydrogen-bond acceptors (Lipinski definition) is 3. The van der Waals surface area contributed by atoms with Gasteiger partial charge in [-0.15, -0.1) is 0 Å². The van der Waals surface area contributed by atoms with E-state index in [2.05, 4.69) is 19.2 Å². The van der Waals surface area contributed by atoms with Crippen molar-refractivity contribution in [2.75, 3.05) is 26.3 Å². The Morgan fingerprint density at radius 2 is 2.05 bits per heavy atom. The smallest absolute Gasteiger partial charge is 0.0718 e. The Labute approximate surface area is 121 Å². The average molecular weight is 286 g/mol. The van der Waals surface area contributed by atoms with E-state index >= 15 is 0 Å². The Kier molecular flexibility index (Phi) is 8.84. The van der Waals surface area contributed by atoms with Crippen LogP contribution in [-0.2, 0) is 16.1 Å². The second kappa shape index (κ2) is 10.2. The van der Waals surface area contributed by atoms with E-state index in [-0.39, 0.29) is 0 Å². The van der Waals surface area contributed by atoms with Crippen molar-refractivity contribution in [3.05, 3.63) is 34.9 Å². The van der Waals surface area contributed by atoms with Gasteiger partial charge in [0.2, 0.25) is 0 Å². The number of ether oxygens (including phenoxy) is 2. The minimum Gasteiger partial charge on any atom is -0.379 e. The van der Waals surface area contributed by atoms with Gasteiger partial charge in [-0.05, 0) is 44.5 Å². The van der Waals surface area contributed by atoms with Crippen LogP contribution in [0.3, 0.4) is 0 Å². The Morgan fingerprint density at radius 3 is 2.79 bits per heavy atom. The van der Waals surface area contributed by atoms with Crippen molar-refractivity contribution in [1.29, 1.82) is 0 Å². The molecule has 0 bridgehead atoms. The molecule has 0 aliphatic heterocycles. The Morgan fingerprint density at radius 1 is 1.21 bits per heavy atom. The number of benzene rings is 1. The van der Waals surface area contributed by atoms with Crippen LogP contribution in [0.4, 0.5) is 0 Å². The van der Waals surface area contributed by atoms with Gasteiger partial charge < -0.3 is 14.8 Å². The van der Waals surface area contributed by atoms with Crippen LogP contribution in [0.25, 0.3) is 0 Å². The van der Waals surface area contributed by atoms with E-state index < -0.39 is 0 Å². The molecule has 1 aromatic carbocycles. The largest absolute Gasteiger partial charge is 0.379 e. The summed E-state index contributed by atoms with van der Waals surface area (Å²) in [5, 5.41) is 4.08. The average Bonchev–Trinajstić information content (AvgIpc) is 2.36. The molecule has 19 heavy (non-hydrogen) atoms. The lowest BCUT2D eigenvalue weighted by Gasteiger charge is -2.08. The zero-order valence-corrected chi connectivity index (χ0v) is 12.6. The van der Waals surface area contributed by atoms with Crippen LogP contribution in [0.5, 0.6) is 0 Å². The molecule has 1 aromatic rings. The maximum Gasteiger partial charge on any atom is 0.0718 e. The Hall–Kier alpha value is -0.610. The molecule has 1 N–H and O–H groups in total. The molecule has 0 spiro atoms. The van der Waals surface area contributed by atoms with Crippen molar-refractivity contribution in [2.24, 2.45) is 0 Å². The molecule has 108 valence electrons. The molecule has 0 radical (unpaired) electrons. The first-order chi connectivity index (χ1) is 9.18. The van der Waals surface area contributed by atoms with E-state index in [9.17, 15) is 0 Å². The van der Waals surface area contributed by atoms with Crippen LogP contribution in [0.1, 0.15) is 25.8 Å². The van der Waals surface area contributed by atoms with Crippen molar-refractivity contribution >= 4 is 11.6 Å². The minimum absolute atomic E-state index is 0.320. The summed E-state index contributed by atoms with van der Waals surface area (Å²) in [7, 11) is 0. The molecule has 1 rings (SSSR count). The Bertz CT molecular complexity index is 345. The van der Waals surface area contributed by atoms with Gasteiger partial charge in [0.1, 0.15) is 0 Å². The molecule has 3 nitrogen and oxygen atoms in total. The molecule has 0 atom stereocenters. The highest BCUT2D eigenvalue weighted by atomic mass is 35.5. The van der Waals surface area contributed by atoms with Gasteiger partial charge >= 0.3 is 0 Å². The Balaban J connectivity index is 1.91. The van der Waals surface area contributed by atoms with Crippen LogP contribution in [0, 0.1) is 0 Å². The quantitative estimate of drug-likeness (QED) is 0.669. The molecule has 0 saturated heterocycles. The van der Waals surface area contributed by atoms with Crippen molar-refractivity contribution in [3.8, 4) is 0 Å². The highest BCUT2D eigenvalue weighted by Crippen LogP contribution is 2.11. The summed E-state index contributed by atoms with van der Waals surface area (Å²) in [6.45, 7) is 8.06. The fraction of sp³-hybridized carbons (Fsp3) is 0.600. The van der Waals surface area contributed by atoms with E-state index in [0.717, 1.165) is 36.7 Å². The number of nitrogens with one attached hydrogen (secondary N) is 1. The molecule has 0 unspecified atom stereocenters. The summed E-state index contributed by atoms with van der Waals surface area (Å²) >= 11 is 5.90. The van der Waals surface area contributed by atoms with Gasteiger partial charge in [-0.2, -0.15) is 0 Å². The van der Waals surface area contributed by atoms with E-state index in [1.54, 1.807) is 0 Å². The third kappa shape index (κ3) is 9.00. The third-order valence-electron chi connectivity index (χ3n) is 2.53. The highest BCUT2D eigenvalue weighted by molar-refractivity contribution is 6.30. The molecule has 0 heterocycles. The summed E-state index contributed by atoms with van der Waals surface area (Å²) in [6, 6.07) is 7.75. The number of rotatable bonds is 10. The maximum absolute atomic E-state index is 5.90. The maximum atomic E-state index is 5.90. The van der Waals surface area contributed by atoms with Gasteiger partial charge in [0, 0.05) is 18.2 Å². The molecular weight excluding hydrogens is 262 g/mol. The summed E-state index contributed by atoms with van der Waals surface area (Å²) in [5.74, 6) is 0. The topological polar surface area (TPSA) is 30.5 Å². The zero-order chi connectivity index (χ0) is 13.9. The van der Waals surface area contributed by atoms with Crippen molar-refractivity contribution < 1.29 is 9.47 Å². The van der Waals surface area contributed by atoms with E-state index in [1.807, 2.05) is 24.3 Å². The van der Waals surface area contributed by atoms with Crippen LogP contribution in [0.15, 0.2) is 24.3 Å². The summed E-state index contributed by atoms with van der Waals surface area (Å²) in [6.07, 6.45) is 1.35. The van der Waals surface area contributed by atoms with E-state index in [0.29, 0.717) is 19.3 Å². The van der Waals surface area contributed by atoms with E-state index in [4.69, 9.17) is 21.1 Å². The summed E-state index contributed by atoms with van der Waals surface area (Å²) < 4.78 is 11.0. The molecule has 4 heteroatoms. The van der Waals surface area contributed by atoms with E-state index in [1.165, 1.54) is 0 Å².